The number of hydrogen-bond donors (Lipinski definition) is 0. The minimum atomic E-state index is -0.473. The summed E-state index contributed by atoms with van der Waals surface area (Å²) >= 11 is 0. The molecule has 1 aromatic rings. The van der Waals surface area contributed by atoms with E-state index in [0.717, 1.165) is 11.8 Å². The van der Waals surface area contributed by atoms with Gasteiger partial charge < -0.3 is 14.2 Å². The third-order valence-electron chi connectivity index (χ3n) is 2.82. The maximum absolute atomic E-state index is 11.1. The van der Waals surface area contributed by atoms with Crippen LogP contribution in [0.3, 0.4) is 0 Å². The van der Waals surface area contributed by atoms with Gasteiger partial charge in [-0.1, -0.05) is 32.9 Å². The first-order chi connectivity index (χ1) is 8.92. The van der Waals surface area contributed by atoms with Crippen LogP contribution in [-0.4, -0.2) is 26.6 Å². The van der Waals surface area contributed by atoms with E-state index in [1.165, 1.54) is 0 Å². The van der Waals surface area contributed by atoms with Crippen LogP contribution in [0.25, 0.3) is 0 Å². The average molecular weight is 266 g/mol. The molecule has 0 aromatic heterocycles. The van der Waals surface area contributed by atoms with Crippen LogP contribution in [0.4, 0.5) is 0 Å². The summed E-state index contributed by atoms with van der Waals surface area (Å²) in [5.74, 6) is 0.654. The van der Waals surface area contributed by atoms with Crippen LogP contribution < -0.4 is 4.74 Å². The van der Waals surface area contributed by atoms with E-state index < -0.39 is 12.4 Å². The molecular weight excluding hydrogens is 244 g/mol. The second kappa shape index (κ2) is 6.68. The van der Waals surface area contributed by atoms with Crippen molar-refractivity contribution in [1.82, 2.24) is 0 Å². The van der Waals surface area contributed by atoms with Crippen molar-refractivity contribution in [3.63, 3.8) is 0 Å². The van der Waals surface area contributed by atoms with Crippen LogP contribution in [0, 0.1) is 5.41 Å². The monoisotopic (exact) mass is 266 g/mol. The lowest BCUT2D eigenvalue weighted by Crippen LogP contribution is -2.33. The molecule has 0 N–H and O–H groups in total. The molecule has 0 radical (unpaired) electrons. The number of carbonyl (C=O) groups is 1. The molecule has 0 aliphatic carbocycles. The van der Waals surface area contributed by atoms with Gasteiger partial charge >= 0.3 is 0 Å². The molecule has 1 unspecified atom stereocenters. The summed E-state index contributed by atoms with van der Waals surface area (Å²) in [7, 11) is 3.17. The lowest BCUT2D eigenvalue weighted by atomic mass is 9.90. The number of benzene rings is 1. The van der Waals surface area contributed by atoms with Crippen LogP contribution >= 0.6 is 0 Å². The summed E-state index contributed by atoms with van der Waals surface area (Å²) in [6.07, 6.45) is -0.0290. The maximum atomic E-state index is 11.1. The Bertz CT molecular complexity index is 388. The quantitative estimate of drug-likeness (QED) is 0.586. The topological polar surface area (TPSA) is 44.8 Å². The molecule has 4 heteroatoms. The number of methoxy groups -OCH3 is 2. The van der Waals surface area contributed by atoms with Crippen LogP contribution in [0.1, 0.15) is 32.6 Å². The number of ether oxygens (including phenoxy) is 3. The van der Waals surface area contributed by atoms with Gasteiger partial charge in [0.15, 0.2) is 18.7 Å². The van der Waals surface area contributed by atoms with E-state index in [-0.39, 0.29) is 5.41 Å². The first-order valence-electron chi connectivity index (χ1n) is 6.20. The molecule has 0 aliphatic heterocycles. The van der Waals surface area contributed by atoms with E-state index in [0.29, 0.717) is 5.75 Å². The molecule has 0 saturated heterocycles. The Morgan fingerprint density at radius 1 is 1.05 bits per heavy atom. The second-order valence-electron chi connectivity index (χ2n) is 5.41. The van der Waals surface area contributed by atoms with E-state index in [1.54, 1.807) is 14.2 Å². The molecule has 0 heterocycles. The zero-order chi connectivity index (χ0) is 14.5. The highest BCUT2D eigenvalue weighted by Crippen LogP contribution is 2.25. The van der Waals surface area contributed by atoms with Crippen molar-refractivity contribution in [1.29, 1.82) is 0 Å². The fourth-order valence-electron chi connectivity index (χ4n) is 1.63. The van der Waals surface area contributed by atoms with Gasteiger partial charge in [0, 0.05) is 25.2 Å². The number of carbonyl (C=O) groups excluding carboxylic acids is 1. The van der Waals surface area contributed by atoms with Gasteiger partial charge in [0.25, 0.3) is 0 Å². The van der Waals surface area contributed by atoms with Crippen molar-refractivity contribution in [3.8, 4) is 5.75 Å². The van der Waals surface area contributed by atoms with Crippen molar-refractivity contribution in [2.75, 3.05) is 14.2 Å². The Morgan fingerprint density at radius 2 is 1.58 bits per heavy atom. The van der Waals surface area contributed by atoms with Crippen molar-refractivity contribution in [2.24, 2.45) is 5.41 Å². The summed E-state index contributed by atoms with van der Waals surface area (Å²) < 4.78 is 16.0. The molecule has 1 atom stereocenters. The first kappa shape index (κ1) is 15.7. The number of hydrogen-bond acceptors (Lipinski definition) is 4. The van der Waals surface area contributed by atoms with Gasteiger partial charge in [0.1, 0.15) is 5.75 Å². The zero-order valence-corrected chi connectivity index (χ0v) is 12.2. The van der Waals surface area contributed by atoms with Crippen LogP contribution in [-0.2, 0) is 14.3 Å². The van der Waals surface area contributed by atoms with Crippen molar-refractivity contribution in [2.45, 2.75) is 33.2 Å². The van der Waals surface area contributed by atoms with E-state index in [4.69, 9.17) is 14.2 Å². The highest BCUT2D eigenvalue weighted by atomic mass is 16.7. The van der Waals surface area contributed by atoms with E-state index >= 15 is 0 Å². The maximum Gasteiger partial charge on any atom is 0.183 e. The van der Waals surface area contributed by atoms with Gasteiger partial charge in [-0.2, -0.15) is 0 Å². The Kier molecular flexibility index (Phi) is 5.51. The fourth-order valence-corrected chi connectivity index (χ4v) is 1.63. The molecule has 0 saturated carbocycles. The van der Waals surface area contributed by atoms with Crippen molar-refractivity contribution >= 4 is 6.29 Å². The van der Waals surface area contributed by atoms with Gasteiger partial charge in [-0.05, 0) is 12.1 Å². The highest BCUT2D eigenvalue weighted by molar-refractivity contribution is 5.58. The van der Waals surface area contributed by atoms with Crippen molar-refractivity contribution < 1.29 is 19.0 Å². The molecular formula is C15H22O4. The molecule has 4 nitrogen and oxygen atoms in total. The van der Waals surface area contributed by atoms with Gasteiger partial charge in [0.05, 0.1) is 0 Å². The summed E-state index contributed by atoms with van der Waals surface area (Å²) in [6, 6.07) is 7.33. The first-order valence-corrected chi connectivity index (χ1v) is 6.20. The predicted molar refractivity (Wildman–Crippen MR) is 73.1 cm³/mol. The van der Waals surface area contributed by atoms with Gasteiger partial charge in [-0.3, -0.25) is 4.79 Å². The van der Waals surface area contributed by atoms with Crippen LogP contribution in [0.5, 0.6) is 5.75 Å². The lowest BCUT2D eigenvalue weighted by Gasteiger charge is -2.26. The number of rotatable bonds is 6. The van der Waals surface area contributed by atoms with E-state index in [2.05, 4.69) is 0 Å². The Labute approximate surface area is 114 Å². The lowest BCUT2D eigenvalue weighted by molar-refractivity contribution is -0.117. The highest BCUT2D eigenvalue weighted by Gasteiger charge is 2.26. The third kappa shape index (κ3) is 4.33. The van der Waals surface area contributed by atoms with Crippen molar-refractivity contribution in [3.05, 3.63) is 29.8 Å². The summed E-state index contributed by atoms with van der Waals surface area (Å²) in [4.78, 5) is 11.1. The molecule has 0 bridgehead atoms. The van der Waals surface area contributed by atoms with E-state index in [9.17, 15) is 4.79 Å². The van der Waals surface area contributed by atoms with Gasteiger partial charge in [-0.25, -0.2) is 0 Å². The minimum absolute atomic E-state index is 0.234. The summed E-state index contributed by atoms with van der Waals surface area (Å²) in [5, 5.41) is 0. The Morgan fingerprint density at radius 3 is 1.95 bits per heavy atom. The zero-order valence-electron chi connectivity index (χ0n) is 12.2. The molecule has 1 aromatic carbocycles. The minimum Gasteiger partial charge on any atom is -0.482 e. The molecule has 0 spiro atoms. The summed E-state index contributed by atoms with van der Waals surface area (Å²) in [6.45, 7) is 5.89. The SMILES string of the molecule is COC(OC)c1ccc(OC(C=O)C(C)(C)C)cc1. The van der Waals surface area contributed by atoms with Crippen LogP contribution in [0.2, 0.25) is 0 Å². The van der Waals surface area contributed by atoms with Gasteiger partial charge in [0.2, 0.25) is 0 Å². The number of aldehydes is 1. The fraction of sp³-hybridized carbons (Fsp3) is 0.533. The predicted octanol–water partition coefficient (Wildman–Crippen LogP) is 2.97. The average Bonchev–Trinajstić information content (AvgIpc) is 2.37. The van der Waals surface area contributed by atoms with Crippen LogP contribution in [0.15, 0.2) is 24.3 Å². The normalized spacial score (nSPS) is 13.4. The Balaban J connectivity index is 2.79. The van der Waals surface area contributed by atoms with E-state index in [1.807, 2.05) is 45.0 Å². The molecule has 106 valence electrons. The summed E-state index contributed by atoms with van der Waals surface area (Å²) in [5.41, 5.74) is 0.665. The molecule has 0 amide bonds. The van der Waals surface area contributed by atoms with Gasteiger partial charge in [-0.15, -0.1) is 0 Å². The molecule has 1 rings (SSSR count). The molecule has 0 fully saturated rings. The molecule has 19 heavy (non-hydrogen) atoms. The third-order valence-corrected chi connectivity index (χ3v) is 2.82. The second-order valence-corrected chi connectivity index (χ2v) is 5.41. The molecule has 0 aliphatic rings. The largest absolute Gasteiger partial charge is 0.482 e. The standard InChI is InChI=1S/C15H22O4/c1-15(2,3)13(10-16)19-12-8-6-11(7-9-12)14(17-4)18-5/h6-10,13-14H,1-5H3. The smallest absolute Gasteiger partial charge is 0.183 e. The Hall–Kier alpha value is -1.39.